The molecule has 1 saturated carbocycles. The summed E-state index contributed by atoms with van der Waals surface area (Å²) in [6.45, 7) is 10.7. The molecule has 4 heterocycles. The van der Waals surface area contributed by atoms with E-state index in [2.05, 4.69) is 0 Å². The van der Waals surface area contributed by atoms with Gasteiger partial charge in [0, 0.05) is 58.5 Å². The van der Waals surface area contributed by atoms with E-state index in [-0.39, 0.29) is 55.6 Å². The van der Waals surface area contributed by atoms with Gasteiger partial charge in [-0.15, -0.1) is 0 Å². The number of ketones is 3. The number of methoxy groups -OCH3 is 3. The molecule has 0 radical (unpaired) electrons. The first-order valence-corrected chi connectivity index (χ1v) is 28.0. The van der Waals surface area contributed by atoms with E-state index in [1.165, 1.54) is 14.2 Å². The predicted molar refractivity (Wildman–Crippen MR) is 284 cm³/mol. The Morgan fingerprint density at radius 1 is 0.848 bits per heavy atom. The van der Waals surface area contributed by atoms with Crippen molar-refractivity contribution in [3.8, 4) is 0 Å². The lowest BCUT2D eigenvalue weighted by atomic mass is 9.78. The van der Waals surface area contributed by atoms with E-state index in [0.717, 1.165) is 10.5 Å². The number of fused-ring (bicyclic) bond motifs is 3. The minimum absolute atomic E-state index is 0.0127. The number of Topliss-reactive ketones (excluding diaryl/α,β-unsaturated/α-hetero) is 3. The molecule has 4 unspecified atom stereocenters. The number of piperidine rings is 1. The fourth-order valence-corrected chi connectivity index (χ4v) is 11.7. The van der Waals surface area contributed by atoms with Crippen molar-refractivity contribution in [1.82, 2.24) is 4.90 Å². The van der Waals surface area contributed by atoms with Crippen LogP contribution in [-0.4, -0.2) is 191 Å². The van der Waals surface area contributed by atoms with Crippen LogP contribution >= 0.6 is 0 Å². The molecule has 4 fully saturated rings. The van der Waals surface area contributed by atoms with E-state index in [4.69, 9.17) is 37.9 Å². The number of carbonyl (C=O) groups is 6. The third-order valence-electron chi connectivity index (χ3n) is 16.8. The lowest BCUT2D eigenvalue weighted by Gasteiger charge is -2.43. The second-order valence-corrected chi connectivity index (χ2v) is 22.8. The maximum absolute atomic E-state index is 14.6. The number of amides is 1. The van der Waals surface area contributed by atoms with Crippen LogP contribution in [0.2, 0.25) is 0 Å². The molecule has 4 aliphatic heterocycles. The summed E-state index contributed by atoms with van der Waals surface area (Å²) in [4.78, 5) is 85.8. The largest absolute Gasteiger partial charge is 0.511 e. The molecule has 0 aromatic heterocycles. The molecular formula is C58H89NO20. The van der Waals surface area contributed by atoms with Gasteiger partial charge < -0.3 is 73.4 Å². The van der Waals surface area contributed by atoms with Gasteiger partial charge in [0.1, 0.15) is 55.1 Å². The number of carbonyl (C=O) groups excluding carboxylic acids is 6. The molecule has 446 valence electrons. The summed E-state index contributed by atoms with van der Waals surface area (Å²) >= 11 is 0. The van der Waals surface area contributed by atoms with E-state index < -0.39 is 139 Å². The first kappa shape index (κ1) is 65.5. The maximum Gasteiger partial charge on any atom is 0.511 e. The lowest BCUT2D eigenvalue weighted by Crippen LogP contribution is -2.64. The summed E-state index contributed by atoms with van der Waals surface area (Å²) in [5.41, 5.74) is 1.16. The van der Waals surface area contributed by atoms with Gasteiger partial charge in [0.25, 0.3) is 17.5 Å². The molecule has 79 heavy (non-hydrogen) atoms. The van der Waals surface area contributed by atoms with Crippen molar-refractivity contribution in [3.63, 3.8) is 0 Å². The molecule has 0 aromatic carbocycles. The normalized spacial score (nSPS) is 41.1. The van der Waals surface area contributed by atoms with Gasteiger partial charge in [-0.3, -0.25) is 19.2 Å². The van der Waals surface area contributed by atoms with Crippen LogP contribution < -0.4 is 0 Å². The Kier molecular flexibility index (Phi) is 24.6. The molecule has 3 saturated heterocycles. The predicted octanol–water partition coefficient (Wildman–Crippen LogP) is 4.14. The van der Waals surface area contributed by atoms with Crippen molar-refractivity contribution in [1.29, 1.82) is 0 Å². The number of ether oxygens (including phenoxy) is 8. The first-order chi connectivity index (χ1) is 37.3. The second kappa shape index (κ2) is 29.6. The van der Waals surface area contributed by atoms with E-state index in [9.17, 15) is 59.4 Å². The number of aliphatic hydroxyl groups is 6. The summed E-state index contributed by atoms with van der Waals surface area (Å²) in [6, 6.07) is -1.25. The van der Waals surface area contributed by atoms with Crippen LogP contribution in [0.4, 0.5) is 4.79 Å². The molecule has 0 aromatic rings. The van der Waals surface area contributed by atoms with Crippen LogP contribution in [0.25, 0.3) is 0 Å². The van der Waals surface area contributed by atoms with E-state index in [1.807, 2.05) is 51.2 Å². The van der Waals surface area contributed by atoms with Crippen LogP contribution in [-0.2, 0) is 61.9 Å². The summed E-state index contributed by atoms with van der Waals surface area (Å²) in [7, 11) is 4.32. The molecule has 0 spiro atoms. The minimum atomic E-state index is -2.50. The Morgan fingerprint density at radius 3 is 2.24 bits per heavy atom. The number of rotatable bonds is 9. The lowest BCUT2D eigenvalue weighted by molar-refractivity contribution is -0.333. The van der Waals surface area contributed by atoms with Crippen molar-refractivity contribution in [2.24, 2.45) is 35.5 Å². The smallest absolute Gasteiger partial charge is 0.460 e. The zero-order valence-electron chi connectivity index (χ0n) is 47.7. The Hall–Kier alpha value is -4.26. The number of aliphatic hydroxyl groups excluding tert-OH is 5. The van der Waals surface area contributed by atoms with Crippen LogP contribution in [0, 0.1) is 35.5 Å². The average Bonchev–Trinajstić information content (AvgIpc) is 3.58. The Labute approximate surface area is 464 Å². The Bertz CT molecular complexity index is 2210. The van der Waals surface area contributed by atoms with Crippen LogP contribution in [0.3, 0.4) is 0 Å². The van der Waals surface area contributed by atoms with Crippen molar-refractivity contribution in [2.45, 2.75) is 204 Å². The highest BCUT2D eigenvalue weighted by Crippen LogP contribution is 2.39. The van der Waals surface area contributed by atoms with Gasteiger partial charge >= 0.3 is 12.1 Å². The molecule has 5 rings (SSSR count). The van der Waals surface area contributed by atoms with Gasteiger partial charge in [-0.25, -0.2) is 9.59 Å². The number of cyclic esters (lactones) is 1. The summed E-state index contributed by atoms with van der Waals surface area (Å²) in [5.74, 6) is -11.5. The molecular weight excluding hydrogens is 1030 g/mol. The van der Waals surface area contributed by atoms with Gasteiger partial charge in [0.2, 0.25) is 5.79 Å². The second-order valence-electron chi connectivity index (χ2n) is 22.8. The zero-order chi connectivity index (χ0) is 58.5. The summed E-state index contributed by atoms with van der Waals surface area (Å²) in [5, 5.41) is 64.3. The molecule has 19 atom stereocenters. The summed E-state index contributed by atoms with van der Waals surface area (Å²) < 4.78 is 45.7. The van der Waals surface area contributed by atoms with Crippen LogP contribution in [0.1, 0.15) is 126 Å². The number of hydrogen-bond donors (Lipinski definition) is 6. The van der Waals surface area contributed by atoms with Crippen molar-refractivity contribution >= 4 is 35.4 Å². The number of esters is 1. The van der Waals surface area contributed by atoms with Gasteiger partial charge in [0.15, 0.2) is 11.9 Å². The van der Waals surface area contributed by atoms with E-state index in [0.29, 0.717) is 56.9 Å². The highest BCUT2D eigenvalue weighted by atomic mass is 16.8. The highest BCUT2D eigenvalue weighted by molar-refractivity contribution is 6.39. The molecule has 2 bridgehead atoms. The first-order valence-electron chi connectivity index (χ1n) is 28.0. The molecule has 6 N–H and O–H groups in total. The van der Waals surface area contributed by atoms with Gasteiger partial charge in [-0.05, 0) is 107 Å². The highest BCUT2D eigenvalue weighted by Gasteiger charge is 2.55. The number of nitrogens with zero attached hydrogens (tertiary/aromatic N) is 1. The van der Waals surface area contributed by atoms with E-state index >= 15 is 0 Å². The fraction of sp³-hybridized carbons (Fsp3) is 0.759. The van der Waals surface area contributed by atoms with Crippen molar-refractivity contribution in [3.05, 3.63) is 47.6 Å². The average molecular weight is 1120 g/mol. The molecule has 5 aliphatic rings. The van der Waals surface area contributed by atoms with Crippen LogP contribution in [0.15, 0.2) is 47.6 Å². The Morgan fingerprint density at radius 2 is 1.57 bits per heavy atom. The monoisotopic (exact) mass is 1120 g/mol. The third-order valence-corrected chi connectivity index (χ3v) is 16.8. The van der Waals surface area contributed by atoms with E-state index in [1.54, 1.807) is 40.9 Å². The van der Waals surface area contributed by atoms with Gasteiger partial charge in [0.05, 0.1) is 24.9 Å². The molecule has 21 heteroatoms. The Balaban J connectivity index is 1.42. The molecule has 1 amide bonds. The minimum Gasteiger partial charge on any atom is -0.460 e. The SMILES string of the molecule is CO[C@H]1C[C@@H]2CC[C@@H](C)[C@@](O)(O2)C(=O)C(=O)N2CCCCC2C(=O)O[C@H]([C@H](C)CC2CC[C@@H](OC(=O)OC3(CO)OCC(O)[C@@H](O)[C@@H]3O)[C@H](OC)C2)CC(=O)[C@H](C)/C=C(\C)[C@@H](O)[C@@H](OC)C(=O)[C@H](C)C[C@H](C)\C=C/C=C/C=C/1C. The van der Waals surface area contributed by atoms with Crippen molar-refractivity contribution < 1.29 is 97.3 Å². The van der Waals surface area contributed by atoms with Crippen LogP contribution in [0.5, 0.6) is 0 Å². The zero-order valence-corrected chi connectivity index (χ0v) is 47.7. The fourth-order valence-electron chi connectivity index (χ4n) is 11.7. The maximum atomic E-state index is 14.6. The van der Waals surface area contributed by atoms with Crippen molar-refractivity contribution in [2.75, 3.05) is 41.1 Å². The third kappa shape index (κ3) is 16.5. The number of allylic oxidation sites excluding steroid dienone is 6. The molecule has 1 aliphatic carbocycles. The topological polar surface area (TPSA) is 301 Å². The standard InChI is InChI=1S/C58H89NO20/c1-32-16-12-11-13-17-33(2)45(72-8)28-40-21-19-38(7)58(71,78-40)53(67)54(68)59-23-15-14-18-41(59)55(69)76-46(29-42(61)34(3)25-37(6)49(64)51(74-10)48(63)36(5)24-32)35(4)26-39-20-22-44(47(27-39)73-9)77-56(70)79-57(31-60)52(66)50(65)43(62)30-75-57/h11-13,16-17,25,32,34-36,38-41,43-47,49-52,60,62,64-66,71H,14-15,18-24,26-31H2,1-10H3/b13-11+,16-12-,33-17+,37-25+/t32-,34-,35-,36-,38-,39?,40+,41?,43?,44-,45+,46+,47-,49-,50-,51+,52+,57?,58-/m1/s1. The summed E-state index contributed by atoms with van der Waals surface area (Å²) in [6.07, 6.45) is 1.77. The van der Waals surface area contributed by atoms with Gasteiger partial charge in [-0.1, -0.05) is 71.1 Å². The quantitative estimate of drug-likeness (QED) is 0.107. The number of hydrogen-bond acceptors (Lipinski definition) is 20. The molecule has 21 nitrogen and oxygen atoms in total. The van der Waals surface area contributed by atoms with Gasteiger partial charge in [-0.2, -0.15) is 0 Å².